The molecule has 1 aromatic rings. The molecule has 0 atom stereocenters. The molecule has 0 saturated heterocycles. The van der Waals surface area contributed by atoms with E-state index in [4.69, 9.17) is 0 Å². The van der Waals surface area contributed by atoms with Gasteiger partial charge in [0.05, 0.1) is 9.82 Å². The molecule has 0 spiro atoms. The van der Waals surface area contributed by atoms with Gasteiger partial charge in [-0.2, -0.15) is 0 Å². The van der Waals surface area contributed by atoms with Crippen LogP contribution in [0.4, 0.5) is 5.69 Å². The highest BCUT2D eigenvalue weighted by atomic mass is 32.2. The van der Waals surface area contributed by atoms with Crippen molar-refractivity contribution in [1.29, 1.82) is 0 Å². The maximum Gasteiger partial charge on any atom is 0.300 e. The molecule has 0 radical (unpaired) electrons. The van der Waals surface area contributed by atoms with Crippen molar-refractivity contribution in [3.63, 3.8) is 0 Å². The number of hydrogen-bond acceptors (Lipinski definition) is 4. The molecule has 4 nitrogen and oxygen atoms in total. The summed E-state index contributed by atoms with van der Waals surface area (Å²) in [6.45, 7) is 0. The number of nitrogens with zero attached hydrogens (tertiary/aromatic N) is 2. The fourth-order valence-electron chi connectivity index (χ4n) is 2.44. The lowest BCUT2D eigenvalue weighted by Crippen LogP contribution is -2.07. The van der Waals surface area contributed by atoms with E-state index in [1.807, 2.05) is 0 Å². The van der Waals surface area contributed by atoms with E-state index in [-0.39, 0.29) is 10.6 Å². The average molecular weight is 266 g/mol. The third-order valence-electron chi connectivity index (χ3n) is 3.47. The smallest absolute Gasteiger partial charge is 0.258 e. The van der Waals surface area contributed by atoms with Gasteiger partial charge < -0.3 is 0 Å². The van der Waals surface area contributed by atoms with Gasteiger partial charge in [0, 0.05) is 6.20 Å². The van der Waals surface area contributed by atoms with Crippen molar-refractivity contribution in [1.82, 2.24) is 4.98 Å². The minimum atomic E-state index is -0.351. The van der Waals surface area contributed by atoms with Gasteiger partial charge in [-0.25, -0.2) is 0 Å². The number of rotatable bonds is 5. The van der Waals surface area contributed by atoms with Gasteiger partial charge in [0.25, 0.3) is 0 Å². The molecule has 5 heteroatoms. The zero-order valence-corrected chi connectivity index (χ0v) is 11.2. The summed E-state index contributed by atoms with van der Waals surface area (Å²) < 4.78 is 0. The third-order valence-corrected chi connectivity index (χ3v) is 4.56. The molecule has 1 aliphatic carbocycles. The quantitative estimate of drug-likeness (QED) is 0.458. The molecular formula is C13H18N2O2S. The summed E-state index contributed by atoms with van der Waals surface area (Å²) in [7, 11) is 0. The topological polar surface area (TPSA) is 56.0 Å². The van der Waals surface area contributed by atoms with Gasteiger partial charge in [-0.15, -0.1) is 11.8 Å². The van der Waals surface area contributed by atoms with Crippen molar-refractivity contribution in [2.45, 2.75) is 43.4 Å². The van der Waals surface area contributed by atoms with Crippen LogP contribution in [0.2, 0.25) is 0 Å². The molecule has 2 rings (SSSR count). The maximum absolute atomic E-state index is 10.8. The molecule has 0 bridgehead atoms. The fourth-order valence-corrected chi connectivity index (χ4v) is 3.55. The first kappa shape index (κ1) is 13.3. The van der Waals surface area contributed by atoms with Crippen LogP contribution in [-0.4, -0.2) is 15.7 Å². The van der Waals surface area contributed by atoms with Crippen molar-refractivity contribution in [2.24, 2.45) is 5.92 Å². The second-order valence-corrected chi connectivity index (χ2v) is 5.88. The molecule has 1 heterocycles. The van der Waals surface area contributed by atoms with Crippen molar-refractivity contribution in [3.05, 3.63) is 28.6 Å². The summed E-state index contributed by atoms with van der Waals surface area (Å²) in [5.41, 5.74) is 0.131. The Morgan fingerprint density at radius 3 is 2.89 bits per heavy atom. The number of hydrogen-bond donors (Lipinski definition) is 0. The Morgan fingerprint density at radius 2 is 2.17 bits per heavy atom. The molecule has 1 saturated carbocycles. The van der Waals surface area contributed by atoms with Gasteiger partial charge in [0.1, 0.15) is 6.20 Å². The highest BCUT2D eigenvalue weighted by molar-refractivity contribution is 7.99. The third kappa shape index (κ3) is 3.70. The predicted molar refractivity (Wildman–Crippen MR) is 72.8 cm³/mol. The maximum atomic E-state index is 10.8. The Hall–Kier alpha value is -1.10. The molecule has 98 valence electrons. The molecule has 18 heavy (non-hydrogen) atoms. The average Bonchev–Trinajstić information content (AvgIpc) is 2.40. The first-order valence-corrected chi connectivity index (χ1v) is 7.47. The van der Waals surface area contributed by atoms with Crippen molar-refractivity contribution in [3.8, 4) is 0 Å². The van der Waals surface area contributed by atoms with Crippen molar-refractivity contribution in [2.75, 3.05) is 5.75 Å². The molecule has 0 unspecified atom stereocenters. The zero-order chi connectivity index (χ0) is 12.8. The molecule has 1 fully saturated rings. The lowest BCUT2D eigenvalue weighted by Gasteiger charge is -2.20. The molecule has 0 amide bonds. The molecule has 1 aliphatic rings. The van der Waals surface area contributed by atoms with E-state index in [9.17, 15) is 10.1 Å². The summed E-state index contributed by atoms with van der Waals surface area (Å²) in [5.74, 6) is 1.79. The van der Waals surface area contributed by atoms with Crippen LogP contribution in [0.3, 0.4) is 0 Å². The highest BCUT2D eigenvalue weighted by Crippen LogP contribution is 2.32. The lowest BCUT2D eigenvalue weighted by molar-refractivity contribution is -0.388. The normalized spacial score (nSPS) is 16.7. The van der Waals surface area contributed by atoms with E-state index in [2.05, 4.69) is 4.98 Å². The summed E-state index contributed by atoms with van der Waals surface area (Å²) in [6, 6.07) is 1.74. The second kappa shape index (κ2) is 6.73. The first-order chi connectivity index (χ1) is 8.77. The van der Waals surface area contributed by atoms with Gasteiger partial charge in [-0.3, -0.25) is 15.1 Å². The summed E-state index contributed by atoms with van der Waals surface area (Å²) in [5, 5.41) is 10.8. The summed E-state index contributed by atoms with van der Waals surface area (Å²) in [6.07, 6.45) is 10.9. The van der Waals surface area contributed by atoms with E-state index < -0.39 is 0 Å². The zero-order valence-electron chi connectivity index (χ0n) is 10.4. The minimum Gasteiger partial charge on any atom is -0.258 e. The van der Waals surface area contributed by atoms with E-state index >= 15 is 0 Å². The summed E-state index contributed by atoms with van der Waals surface area (Å²) >= 11 is 1.59. The Morgan fingerprint density at radius 1 is 1.39 bits per heavy atom. The van der Waals surface area contributed by atoms with Gasteiger partial charge >= 0.3 is 5.69 Å². The van der Waals surface area contributed by atoms with Crippen LogP contribution in [0.1, 0.15) is 38.5 Å². The second-order valence-electron chi connectivity index (χ2n) is 4.74. The van der Waals surface area contributed by atoms with Crippen LogP contribution in [0.15, 0.2) is 23.4 Å². The molecule has 0 aliphatic heterocycles. The van der Waals surface area contributed by atoms with Gasteiger partial charge in [-0.05, 0) is 24.2 Å². The van der Waals surface area contributed by atoms with Crippen LogP contribution < -0.4 is 0 Å². The van der Waals surface area contributed by atoms with Crippen LogP contribution in [0.5, 0.6) is 0 Å². The van der Waals surface area contributed by atoms with E-state index in [1.54, 1.807) is 24.0 Å². The number of pyridine rings is 1. The van der Waals surface area contributed by atoms with Gasteiger partial charge in [0.2, 0.25) is 0 Å². The molecule has 0 aromatic carbocycles. The molecule has 0 N–H and O–H groups in total. The Bertz CT molecular complexity index is 406. The first-order valence-electron chi connectivity index (χ1n) is 6.48. The van der Waals surface area contributed by atoms with Crippen LogP contribution in [0, 0.1) is 16.0 Å². The largest absolute Gasteiger partial charge is 0.300 e. The number of thioether (sulfide) groups is 1. The highest BCUT2D eigenvalue weighted by Gasteiger charge is 2.16. The SMILES string of the molecule is O=[N+]([O-])c1cnccc1SCCC1CCCCC1. The monoisotopic (exact) mass is 266 g/mol. The standard InChI is InChI=1S/C13H18N2O2S/c16-15(17)12-10-14-8-6-13(12)18-9-7-11-4-2-1-3-5-11/h6,8,10-11H,1-5,7,9H2. The Labute approximate surface area is 111 Å². The van der Waals surface area contributed by atoms with Crippen molar-refractivity contribution < 1.29 is 4.92 Å². The van der Waals surface area contributed by atoms with Crippen LogP contribution >= 0.6 is 11.8 Å². The van der Waals surface area contributed by atoms with Gasteiger partial charge in [-0.1, -0.05) is 32.1 Å². The lowest BCUT2D eigenvalue weighted by atomic mass is 9.88. The number of nitro groups is 1. The Kier molecular flexibility index (Phi) is 4.99. The summed E-state index contributed by atoms with van der Waals surface area (Å²) in [4.78, 5) is 15.0. The van der Waals surface area contributed by atoms with Gasteiger partial charge in [0.15, 0.2) is 0 Å². The van der Waals surface area contributed by atoms with E-state index in [0.717, 1.165) is 16.6 Å². The van der Waals surface area contributed by atoms with E-state index in [0.29, 0.717) is 0 Å². The molecule has 1 aromatic heterocycles. The van der Waals surface area contributed by atoms with Crippen LogP contribution in [-0.2, 0) is 0 Å². The Balaban J connectivity index is 1.84. The van der Waals surface area contributed by atoms with Crippen molar-refractivity contribution >= 4 is 17.4 Å². The molecular weight excluding hydrogens is 248 g/mol. The number of aromatic nitrogens is 1. The predicted octanol–water partition coefficient (Wildman–Crippen LogP) is 4.05. The van der Waals surface area contributed by atoms with E-state index in [1.165, 1.54) is 44.7 Å². The minimum absolute atomic E-state index is 0.131. The van der Waals surface area contributed by atoms with Crippen LogP contribution in [0.25, 0.3) is 0 Å². The fraction of sp³-hybridized carbons (Fsp3) is 0.615.